The van der Waals surface area contributed by atoms with Crippen LogP contribution < -0.4 is 16.0 Å². The number of hydrogen-bond acceptors (Lipinski definition) is 7. The maximum absolute atomic E-state index is 12.3. The van der Waals surface area contributed by atoms with Crippen LogP contribution in [0.25, 0.3) is 0 Å². The smallest absolute Gasteiger partial charge is 0.235 e. The lowest BCUT2D eigenvalue weighted by atomic mass is 10.0. The number of pyridine rings is 1. The Bertz CT molecular complexity index is 986. The number of nitriles is 2. The first-order chi connectivity index (χ1) is 15.0. The van der Waals surface area contributed by atoms with Crippen LogP contribution in [0, 0.1) is 22.7 Å². The first-order valence-electron chi connectivity index (χ1n) is 9.84. The number of rotatable bonds is 11. The summed E-state index contributed by atoms with van der Waals surface area (Å²) in [6.07, 6.45) is 0.454. The van der Waals surface area contributed by atoms with Crippen molar-refractivity contribution in [2.45, 2.75) is 23.6 Å². The number of carbonyl (C=O) groups is 1. The summed E-state index contributed by atoms with van der Waals surface area (Å²) in [6.45, 7) is 2.64. The molecule has 1 unspecified atom stereocenters. The number of anilines is 1. The molecule has 0 aliphatic rings. The van der Waals surface area contributed by atoms with Crippen molar-refractivity contribution in [1.29, 1.82) is 10.5 Å². The largest absolute Gasteiger partial charge is 0.368 e. The van der Waals surface area contributed by atoms with E-state index in [1.165, 1.54) is 0 Å². The highest BCUT2D eigenvalue weighted by Crippen LogP contribution is 2.39. The van der Waals surface area contributed by atoms with E-state index in [0.29, 0.717) is 47.0 Å². The second kappa shape index (κ2) is 11.9. The average Bonchev–Trinajstić information content (AvgIpc) is 2.79. The molecule has 3 N–H and O–H groups in total. The third kappa shape index (κ3) is 5.94. The summed E-state index contributed by atoms with van der Waals surface area (Å²) in [5.41, 5.74) is 7.54. The van der Waals surface area contributed by atoms with Gasteiger partial charge in [0.15, 0.2) is 0 Å². The monoisotopic (exact) mass is 440 g/mol. The molecule has 0 aliphatic heterocycles. The molecule has 1 atom stereocenters. The Balaban J connectivity index is 2.52. The van der Waals surface area contributed by atoms with Crippen LogP contribution in [0.5, 0.6) is 0 Å². The molecule has 31 heavy (non-hydrogen) atoms. The van der Waals surface area contributed by atoms with E-state index < -0.39 is 17.8 Å². The SMILES string of the molecule is CCc1c(C#N)c(SC(C(N)=O)c2ccccc2)nc(N(C)CCNCCF)c1C#N. The van der Waals surface area contributed by atoms with Crippen molar-refractivity contribution in [2.75, 3.05) is 38.3 Å². The van der Waals surface area contributed by atoms with Crippen molar-refractivity contribution in [1.82, 2.24) is 10.3 Å². The zero-order valence-electron chi connectivity index (χ0n) is 17.6. The van der Waals surface area contributed by atoms with Gasteiger partial charge in [-0.2, -0.15) is 10.5 Å². The van der Waals surface area contributed by atoms with Gasteiger partial charge in [0.2, 0.25) is 5.91 Å². The van der Waals surface area contributed by atoms with Crippen LogP contribution in [0.15, 0.2) is 35.4 Å². The number of nitrogens with two attached hydrogens (primary N) is 1. The highest BCUT2D eigenvalue weighted by molar-refractivity contribution is 8.00. The van der Waals surface area contributed by atoms with E-state index in [1.807, 2.05) is 25.1 Å². The fraction of sp³-hybridized carbons (Fsp3) is 0.364. The normalized spacial score (nSPS) is 11.4. The number of thioether (sulfide) groups is 1. The first-order valence-corrected chi connectivity index (χ1v) is 10.7. The number of amides is 1. The van der Waals surface area contributed by atoms with Crippen molar-refractivity contribution in [3.05, 3.63) is 52.6 Å². The van der Waals surface area contributed by atoms with Crippen LogP contribution in [-0.2, 0) is 11.2 Å². The van der Waals surface area contributed by atoms with Gasteiger partial charge in [0.05, 0.1) is 11.1 Å². The molecular formula is C22H25FN6OS. The minimum atomic E-state index is -0.734. The number of likely N-dealkylation sites (N-methyl/N-ethyl adjacent to an activating group) is 1. The third-order valence-corrected chi connectivity index (χ3v) is 5.93. The van der Waals surface area contributed by atoms with Crippen LogP contribution >= 0.6 is 11.8 Å². The van der Waals surface area contributed by atoms with Crippen molar-refractivity contribution in [3.8, 4) is 12.1 Å². The zero-order valence-corrected chi connectivity index (χ0v) is 18.4. The van der Waals surface area contributed by atoms with Crippen molar-refractivity contribution < 1.29 is 9.18 Å². The fourth-order valence-corrected chi connectivity index (χ4v) is 4.18. The quantitative estimate of drug-likeness (QED) is 0.407. The molecule has 162 valence electrons. The summed E-state index contributed by atoms with van der Waals surface area (Å²) in [7, 11) is 1.78. The van der Waals surface area contributed by atoms with E-state index in [4.69, 9.17) is 5.73 Å². The number of benzene rings is 1. The van der Waals surface area contributed by atoms with Gasteiger partial charge < -0.3 is 16.0 Å². The highest BCUT2D eigenvalue weighted by atomic mass is 32.2. The van der Waals surface area contributed by atoms with E-state index in [9.17, 15) is 19.7 Å². The Morgan fingerprint density at radius 3 is 2.48 bits per heavy atom. The summed E-state index contributed by atoms with van der Waals surface area (Å²) in [5.74, 6) is -0.131. The standard InChI is InChI=1S/C22H25FN6OS/c1-3-16-17(13-24)21(29(2)12-11-27-10-9-23)28-22(18(16)14-25)31-19(20(26)30)15-7-5-4-6-8-15/h4-8,19,27H,3,9-12H2,1-2H3,(H2,26,30). The van der Waals surface area contributed by atoms with Gasteiger partial charge in [-0.3, -0.25) is 4.79 Å². The molecule has 0 bridgehead atoms. The molecule has 0 fully saturated rings. The van der Waals surface area contributed by atoms with E-state index in [-0.39, 0.29) is 12.1 Å². The average molecular weight is 441 g/mol. The summed E-state index contributed by atoms with van der Waals surface area (Å²) in [6, 6.07) is 13.4. The maximum atomic E-state index is 12.3. The summed E-state index contributed by atoms with van der Waals surface area (Å²) in [4.78, 5) is 18.6. The number of carbonyl (C=O) groups excluding carboxylic acids is 1. The molecule has 9 heteroatoms. The van der Waals surface area contributed by atoms with Gasteiger partial charge >= 0.3 is 0 Å². The topological polar surface area (TPSA) is 119 Å². The molecule has 1 amide bonds. The van der Waals surface area contributed by atoms with Crippen LogP contribution in [0.1, 0.15) is 34.4 Å². The van der Waals surface area contributed by atoms with Gasteiger partial charge in [0, 0.05) is 26.7 Å². The van der Waals surface area contributed by atoms with Crippen LogP contribution in [0.3, 0.4) is 0 Å². The lowest BCUT2D eigenvalue weighted by molar-refractivity contribution is -0.117. The molecule has 0 saturated carbocycles. The third-order valence-electron chi connectivity index (χ3n) is 4.67. The summed E-state index contributed by atoms with van der Waals surface area (Å²) < 4.78 is 12.3. The number of hydrogen-bond donors (Lipinski definition) is 2. The number of primary amides is 1. The first kappa shape index (κ1) is 24.1. The molecule has 0 radical (unpaired) electrons. The van der Waals surface area contributed by atoms with E-state index >= 15 is 0 Å². The van der Waals surface area contributed by atoms with Gasteiger partial charge in [-0.15, -0.1) is 0 Å². The number of nitrogens with one attached hydrogen (secondary N) is 1. The summed E-state index contributed by atoms with van der Waals surface area (Å²) in [5, 5.41) is 22.2. The number of halogens is 1. The zero-order chi connectivity index (χ0) is 22.8. The number of alkyl halides is 1. The predicted molar refractivity (Wildman–Crippen MR) is 119 cm³/mol. The molecule has 0 saturated heterocycles. The molecule has 7 nitrogen and oxygen atoms in total. The lowest BCUT2D eigenvalue weighted by Crippen LogP contribution is -2.31. The molecule has 1 heterocycles. The van der Waals surface area contributed by atoms with Crippen LogP contribution in [0.4, 0.5) is 10.2 Å². The van der Waals surface area contributed by atoms with Crippen molar-refractivity contribution >= 4 is 23.5 Å². The van der Waals surface area contributed by atoms with Gasteiger partial charge in [0.25, 0.3) is 0 Å². The lowest BCUT2D eigenvalue weighted by Gasteiger charge is -2.23. The Hall–Kier alpha value is -3.14. The van der Waals surface area contributed by atoms with Crippen molar-refractivity contribution in [2.24, 2.45) is 5.73 Å². The Labute approximate surface area is 186 Å². The maximum Gasteiger partial charge on any atom is 0.235 e. The van der Waals surface area contributed by atoms with Gasteiger partial charge in [-0.05, 0) is 17.5 Å². The Kier molecular flexibility index (Phi) is 9.26. The van der Waals surface area contributed by atoms with Gasteiger partial charge in [-0.1, -0.05) is 49.0 Å². The minimum Gasteiger partial charge on any atom is -0.368 e. The van der Waals surface area contributed by atoms with E-state index in [2.05, 4.69) is 22.4 Å². The summed E-state index contributed by atoms with van der Waals surface area (Å²) >= 11 is 1.10. The highest BCUT2D eigenvalue weighted by Gasteiger charge is 2.26. The van der Waals surface area contributed by atoms with Crippen LogP contribution in [0.2, 0.25) is 0 Å². The molecular weight excluding hydrogens is 415 g/mol. The minimum absolute atomic E-state index is 0.248. The second-order valence-electron chi connectivity index (χ2n) is 6.72. The molecule has 2 aromatic rings. The van der Waals surface area contributed by atoms with Crippen molar-refractivity contribution in [3.63, 3.8) is 0 Å². The molecule has 1 aromatic carbocycles. The van der Waals surface area contributed by atoms with Gasteiger partial charge in [0.1, 0.15) is 34.9 Å². The van der Waals surface area contributed by atoms with E-state index in [0.717, 1.165) is 11.8 Å². The fourth-order valence-electron chi connectivity index (χ4n) is 3.12. The molecule has 0 spiro atoms. The Morgan fingerprint density at radius 2 is 1.94 bits per heavy atom. The second-order valence-corrected chi connectivity index (χ2v) is 7.81. The predicted octanol–water partition coefficient (Wildman–Crippen LogP) is 2.70. The molecule has 2 rings (SSSR count). The molecule has 0 aliphatic carbocycles. The Morgan fingerprint density at radius 1 is 1.26 bits per heavy atom. The van der Waals surface area contributed by atoms with Gasteiger partial charge in [-0.25, -0.2) is 9.37 Å². The number of aromatic nitrogens is 1. The number of nitrogens with zero attached hydrogens (tertiary/aromatic N) is 4. The van der Waals surface area contributed by atoms with Crippen LogP contribution in [-0.4, -0.2) is 44.2 Å². The van der Waals surface area contributed by atoms with E-state index in [1.54, 1.807) is 24.1 Å². The molecule has 1 aromatic heterocycles.